The van der Waals surface area contributed by atoms with E-state index in [1.54, 1.807) is 19.5 Å². The van der Waals surface area contributed by atoms with Crippen LogP contribution in [-0.2, 0) is 6.42 Å². The lowest BCUT2D eigenvalue weighted by Crippen LogP contribution is -2.41. The van der Waals surface area contributed by atoms with E-state index in [2.05, 4.69) is 22.4 Å². The third-order valence-corrected chi connectivity index (χ3v) is 4.81. The average molecular weight is 339 g/mol. The minimum absolute atomic E-state index is 0.0263. The molecule has 2 heterocycles. The van der Waals surface area contributed by atoms with E-state index in [0.717, 1.165) is 43.8 Å². The highest BCUT2D eigenvalue weighted by atomic mass is 16.5. The van der Waals surface area contributed by atoms with E-state index >= 15 is 0 Å². The number of nitrogens with one attached hydrogen (secondary N) is 1. The lowest BCUT2D eigenvalue weighted by molar-refractivity contribution is 0.180. The number of carbonyl (C=O) groups excluding carboxylic acids is 1. The summed E-state index contributed by atoms with van der Waals surface area (Å²) >= 11 is 0. The maximum absolute atomic E-state index is 12.3. The van der Waals surface area contributed by atoms with Gasteiger partial charge in [0, 0.05) is 19.3 Å². The number of anilines is 1. The predicted molar refractivity (Wildman–Crippen MR) is 98.9 cm³/mol. The van der Waals surface area contributed by atoms with Crippen molar-refractivity contribution >= 4 is 11.7 Å². The van der Waals surface area contributed by atoms with Crippen molar-refractivity contribution in [2.24, 2.45) is 5.92 Å². The van der Waals surface area contributed by atoms with Crippen molar-refractivity contribution in [2.45, 2.75) is 25.7 Å². The van der Waals surface area contributed by atoms with Gasteiger partial charge in [0.2, 0.25) is 0 Å². The number of hydrogen-bond acceptors (Lipinski definition) is 3. The van der Waals surface area contributed by atoms with Gasteiger partial charge in [-0.2, -0.15) is 0 Å². The summed E-state index contributed by atoms with van der Waals surface area (Å²) in [6, 6.07) is 11.9. The molecule has 1 saturated heterocycles. The molecular weight excluding hydrogens is 314 g/mol. The average Bonchev–Trinajstić information content (AvgIpc) is 2.68. The van der Waals surface area contributed by atoms with Crippen molar-refractivity contribution in [2.75, 3.05) is 25.5 Å². The third kappa shape index (κ3) is 4.95. The molecule has 0 aliphatic carbocycles. The molecule has 2 aromatic rings. The maximum Gasteiger partial charge on any atom is 0.321 e. The van der Waals surface area contributed by atoms with Gasteiger partial charge in [0.25, 0.3) is 0 Å². The van der Waals surface area contributed by atoms with Gasteiger partial charge < -0.3 is 15.0 Å². The number of pyridine rings is 1. The summed E-state index contributed by atoms with van der Waals surface area (Å²) in [6.45, 7) is 1.64. The molecule has 5 heteroatoms. The van der Waals surface area contributed by atoms with Crippen molar-refractivity contribution in [1.82, 2.24) is 9.88 Å². The Labute approximate surface area is 149 Å². The fourth-order valence-corrected chi connectivity index (χ4v) is 3.23. The number of piperidine rings is 1. The maximum atomic E-state index is 12.3. The number of aryl methyl sites for hydroxylation is 1. The molecule has 1 aromatic carbocycles. The largest absolute Gasteiger partial charge is 0.497 e. The van der Waals surface area contributed by atoms with E-state index in [4.69, 9.17) is 4.74 Å². The van der Waals surface area contributed by atoms with Crippen LogP contribution in [0, 0.1) is 5.92 Å². The zero-order valence-electron chi connectivity index (χ0n) is 14.6. The SMILES string of the molecule is COc1ccc(CCC2CCN(C(=O)Nc3cccnc3)CC2)cc1. The van der Waals surface area contributed by atoms with E-state index in [1.807, 2.05) is 29.2 Å². The third-order valence-electron chi connectivity index (χ3n) is 4.81. The van der Waals surface area contributed by atoms with Gasteiger partial charge >= 0.3 is 6.03 Å². The highest BCUT2D eigenvalue weighted by molar-refractivity contribution is 5.89. The number of nitrogens with zero attached hydrogens (tertiary/aromatic N) is 2. The highest BCUT2D eigenvalue weighted by Crippen LogP contribution is 2.23. The number of methoxy groups -OCH3 is 1. The molecule has 25 heavy (non-hydrogen) atoms. The van der Waals surface area contributed by atoms with Gasteiger partial charge in [0.15, 0.2) is 0 Å². The van der Waals surface area contributed by atoms with Crippen LogP contribution >= 0.6 is 0 Å². The minimum Gasteiger partial charge on any atom is -0.497 e. The molecular formula is C20H25N3O2. The number of likely N-dealkylation sites (tertiary alicyclic amines) is 1. The fraction of sp³-hybridized carbons (Fsp3) is 0.400. The zero-order chi connectivity index (χ0) is 17.5. The Morgan fingerprint density at radius 3 is 2.64 bits per heavy atom. The molecule has 1 aromatic heterocycles. The molecule has 0 radical (unpaired) electrons. The van der Waals surface area contributed by atoms with E-state index in [9.17, 15) is 4.79 Å². The number of benzene rings is 1. The normalized spacial score (nSPS) is 15.0. The minimum atomic E-state index is -0.0263. The Balaban J connectivity index is 1.41. The second kappa shape index (κ2) is 8.51. The van der Waals surface area contributed by atoms with Gasteiger partial charge in [0.05, 0.1) is 19.0 Å². The number of aromatic nitrogens is 1. The first kappa shape index (κ1) is 17.3. The van der Waals surface area contributed by atoms with Crippen molar-refractivity contribution in [1.29, 1.82) is 0 Å². The number of urea groups is 1. The monoisotopic (exact) mass is 339 g/mol. The van der Waals surface area contributed by atoms with Gasteiger partial charge in [-0.15, -0.1) is 0 Å². The summed E-state index contributed by atoms with van der Waals surface area (Å²) in [7, 11) is 1.69. The zero-order valence-corrected chi connectivity index (χ0v) is 14.6. The van der Waals surface area contributed by atoms with Crippen LogP contribution in [0.1, 0.15) is 24.8 Å². The second-order valence-electron chi connectivity index (χ2n) is 6.49. The summed E-state index contributed by atoms with van der Waals surface area (Å²) in [5.41, 5.74) is 2.09. The predicted octanol–water partition coefficient (Wildman–Crippen LogP) is 3.97. The smallest absolute Gasteiger partial charge is 0.321 e. The van der Waals surface area contributed by atoms with Crippen LogP contribution in [0.15, 0.2) is 48.8 Å². The van der Waals surface area contributed by atoms with Crippen LogP contribution in [0.25, 0.3) is 0 Å². The Morgan fingerprint density at radius 2 is 2.00 bits per heavy atom. The molecule has 132 valence electrons. The van der Waals surface area contributed by atoms with Crippen LogP contribution in [0.4, 0.5) is 10.5 Å². The van der Waals surface area contributed by atoms with Crippen molar-refractivity contribution in [3.05, 3.63) is 54.4 Å². The van der Waals surface area contributed by atoms with Gasteiger partial charge in [-0.3, -0.25) is 4.98 Å². The Bertz CT molecular complexity index is 665. The van der Waals surface area contributed by atoms with Gasteiger partial charge in [-0.25, -0.2) is 4.79 Å². The molecule has 1 fully saturated rings. The number of ether oxygens (including phenoxy) is 1. The molecule has 0 unspecified atom stereocenters. The first-order valence-electron chi connectivity index (χ1n) is 8.83. The Kier molecular flexibility index (Phi) is 5.88. The first-order valence-corrected chi connectivity index (χ1v) is 8.83. The lowest BCUT2D eigenvalue weighted by atomic mass is 9.90. The molecule has 0 atom stereocenters. The molecule has 1 N–H and O–H groups in total. The Morgan fingerprint density at radius 1 is 1.24 bits per heavy atom. The second-order valence-corrected chi connectivity index (χ2v) is 6.49. The number of carbonyl (C=O) groups is 1. The van der Waals surface area contributed by atoms with E-state index < -0.39 is 0 Å². The van der Waals surface area contributed by atoms with Crippen LogP contribution in [0.5, 0.6) is 5.75 Å². The van der Waals surface area contributed by atoms with Gasteiger partial charge in [-0.1, -0.05) is 12.1 Å². The van der Waals surface area contributed by atoms with Crippen LogP contribution < -0.4 is 10.1 Å². The van der Waals surface area contributed by atoms with Crippen molar-refractivity contribution in [3.63, 3.8) is 0 Å². The Hall–Kier alpha value is -2.56. The van der Waals surface area contributed by atoms with Gasteiger partial charge in [-0.05, 0) is 61.4 Å². The molecule has 1 aliphatic rings. The van der Waals surface area contributed by atoms with Crippen LogP contribution in [0.3, 0.4) is 0 Å². The molecule has 0 spiro atoms. The number of hydrogen-bond donors (Lipinski definition) is 1. The quantitative estimate of drug-likeness (QED) is 0.897. The molecule has 0 saturated carbocycles. The summed E-state index contributed by atoms with van der Waals surface area (Å²) in [5.74, 6) is 1.58. The summed E-state index contributed by atoms with van der Waals surface area (Å²) < 4.78 is 5.19. The summed E-state index contributed by atoms with van der Waals surface area (Å²) in [5, 5.41) is 2.91. The molecule has 3 rings (SSSR count). The standard InChI is InChI=1S/C20H25N3O2/c1-25-19-8-6-16(7-9-19)4-5-17-10-13-23(14-11-17)20(24)22-18-3-2-12-21-15-18/h2-3,6-9,12,15,17H,4-5,10-11,13-14H2,1H3,(H,22,24). The highest BCUT2D eigenvalue weighted by Gasteiger charge is 2.22. The molecule has 0 bridgehead atoms. The molecule has 1 aliphatic heterocycles. The lowest BCUT2D eigenvalue weighted by Gasteiger charge is -2.32. The van der Waals surface area contributed by atoms with Crippen LogP contribution in [-0.4, -0.2) is 36.1 Å². The topological polar surface area (TPSA) is 54.5 Å². The number of rotatable bonds is 5. The van der Waals surface area contributed by atoms with E-state index in [0.29, 0.717) is 5.92 Å². The van der Waals surface area contributed by atoms with Crippen molar-refractivity contribution in [3.8, 4) is 5.75 Å². The number of amides is 2. The van der Waals surface area contributed by atoms with Crippen molar-refractivity contribution < 1.29 is 9.53 Å². The molecule has 2 amide bonds. The fourth-order valence-electron chi connectivity index (χ4n) is 3.23. The van der Waals surface area contributed by atoms with E-state index in [-0.39, 0.29) is 6.03 Å². The van der Waals surface area contributed by atoms with Gasteiger partial charge in [0.1, 0.15) is 5.75 Å². The van der Waals surface area contributed by atoms with Crippen LogP contribution in [0.2, 0.25) is 0 Å². The van der Waals surface area contributed by atoms with E-state index in [1.165, 1.54) is 12.0 Å². The molecule has 5 nitrogen and oxygen atoms in total. The first-order chi connectivity index (χ1) is 12.2. The summed E-state index contributed by atoms with van der Waals surface area (Å²) in [6.07, 6.45) is 7.75. The summed E-state index contributed by atoms with van der Waals surface area (Å²) in [4.78, 5) is 18.2.